The van der Waals surface area contributed by atoms with Gasteiger partial charge in [0.1, 0.15) is 19.3 Å². The molecule has 0 aromatic heterocycles. The zero-order valence-electron chi connectivity index (χ0n) is 52.9. The molecule has 82 heavy (non-hydrogen) atoms. The van der Waals surface area contributed by atoms with Crippen LogP contribution in [0.3, 0.4) is 0 Å². The van der Waals surface area contributed by atoms with Crippen LogP contribution in [0, 0.1) is 17.8 Å². The van der Waals surface area contributed by atoms with Crippen LogP contribution in [0.2, 0.25) is 0 Å². The summed E-state index contributed by atoms with van der Waals surface area (Å²) in [6, 6.07) is 0. The van der Waals surface area contributed by atoms with Crippen LogP contribution in [-0.4, -0.2) is 96.7 Å². The van der Waals surface area contributed by atoms with Crippen LogP contribution < -0.4 is 0 Å². The molecule has 0 saturated carbocycles. The molecule has 0 saturated heterocycles. The Morgan fingerprint density at radius 2 is 0.561 bits per heavy atom. The van der Waals surface area contributed by atoms with Gasteiger partial charge in [0.2, 0.25) is 0 Å². The molecule has 5 atom stereocenters. The first-order chi connectivity index (χ1) is 39.2. The molecular weight excluding hydrogens is 1090 g/mol. The number of aliphatic hydroxyl groups is 1. The van der Waals surface area contributed by atoms with Crippen LogP contribution in [0.25, 0.3) is 0 Å². The van der Waals surface area contributed by atoms with Crippen LogP contribution in [0.5, 0.6) is 0 Å². The van der Waals surface area contributed by atoms with E-state index in [0.717, 1.165) is 120 Å². The fraction of sp³-hybridized carbons (Fsp3) is 0.937. The molecule has 0 radical (unpaired) electrons. The Labute approximate surface area is 498 Å². The Bertz CT molecular complexity index is 1630. The standard InChI is InChI=1S/C63H122O17P2/c1-8-9-10-11-20-30-37-44-60(65)73-50-58(80-63(68)47-40-33-26-19-18-23-29-36-43-56(6)7)52-77-81(69,70)75-48-57(64)49-76-82(71,72)78-53-59(79-62(67)46-39-32-25-17-13-15-22-28-35-42-55(4)5)51-74-61(66)45-38-31-24-16-12-14-21-27-34-41-54(2)3/h54-59,64H,8-53H2,1-7H3,(H,69,70)(H,71,72)/t57-,58+,59+/m0/s1. The molecule has 19 heteroatoms. The highest BCUT2D eigenvalue weighted by Crippen LogP contribution is 2.45. The molecule has 2 unspecified atom stereocenters. The molecule has 3 N–H and O–H groups in total. The van der Waals surface area contributed by atoms with Crippen LogP contribution in [0.4, 0.5) is 0 Å². The van der Waals surface area contributed by atoms with Crippen molar-refractivity contribution in [2.75, 3.05) is 39.6 Å². The Kier molecular flexibility index (Phi) is 53.2. The number of unbranched alkanes of at least 4 members (excludes halogenated alkanes) is 29. The number of hydrogen-bond acceptors (Lipinski definition) is 15. The lowest BCUT2D eigenvalue weighted by molar-refractivity contribution is -0.161. The number of ether oxygens (including phenoxy) is 4. The topological polar surface area (TPSA) is 237 Å². The van der Waals surface area contributed by atoms with Crippen LogP contribution >= 0.6 is 15.6 Å². The summed E-state index contributed by atoms with van der Waals surface area (Å²) in [6.45, 7) is 11.7. The largest absolute Gasteiger partial charge is 0.472 e. The monoisotopic (exact) mass is 1210 g/mol. The third-order valence-electron chi connectivity index (χ3n) is 14.4. The number of carbonyl (C=O) groups excluding carboxylic acids is 4. The molecule has 0 amide bonds. The molecule has 0 bridgehead atoms. The fourth-order valence-corrected chi connectivity index (χ4v) is 10.9. The second-order valence-corrected chi connectivity index (χ2v) is 27.1. The van der Waals surface area contributed by atoms with E-state index < -0.39 is 97.5 Å². The first kappa shape index (κ1) is 80.1. The van der Waals surface area contributed by atoms with E-state index in [1.54, 1.807) is 0 Å². The minimum atomic E-state index is -4.94. The number of rotatable bonds is 61. The molecule has 0 heterocycles. The van der Waals surface area contributed by atoms with E-state index in [1.807, 2.05) is 0 Å². The van der Waals surface area contributed by atoms with E-state index in [0.29, 0.717) is 25.7 Å². The van der Waals surface area contributed by atoms with Gasteiger partial charge in [-0.1, -0.05) is 254 Å². The summed E-state index contributed by atoms with van der Waals surface area (Å²) in [7, 11) is -9.88. The summed E-state index contributed by atoms with van der Waals surface area (Å²) < 4.78 is 67.9. The molecule has 0 rings (SSSR count). The highest BCUT2D eigenvalue weighted by atomic mass is 31.2. The lowest BCUT2D eigenvalue weighted by Crippen LogP contribution is -2.30. The van der Waals surface area contributed by atoms with Crippen LogP contribution in [0.1, 0.15) is 305 Å². The maximum absolute atomic E-state index is 13.0. The number of phosphoric ester groups is 2. The van der Waals surface area contributed by atoms with E-state index in [1.165, 1.54) is 103 Å². The van der Waals surface area contributed by atoms with Gasteiger partial charge in [-0.15, -0.1) is 0 Å². The molecule has 486 valence electrons. The average molecular weight is 1210 g/mol. The third-order valence-corrected chi connectivity index (χ3v) is 16.3. The van der Waals surface area contributed by atoms with E-state index in [-0.39, 0.29) is 25.7 Å². The van der Waals surface area contributed by atoms with Gasteiger partial charge in [0.05, 0.1) is 26.4 Å². The molecule has 17 nitrogen and oxygen atoms in total. The predicted octanol–water partition coefficient (Wildman–Crippen LogP) is 17.1. The molecule has 0 fully saturated rings. The Morgan fingerprint density at radius 1 is 0.329 bits per heavy atom. The Morgan fingerprint density at radius 3 is 0.829 bits per heavy atom. The van der Waals surface area contributed by atoms with Gasteiger partial charge in [0, 0.05) is 25.7 Å². The van der Waals surface area contributed by atoms with E-state index >= 15 is 0 Å². The van der Waals surface area contributed by atoms with Crippen molar-refractivity contribution < 1.29 is 80.2 Å². The SMILES string of the molecule is CCCCCCCCCC(=O)OC[C@H](COP(=O)(O)OC[C@H](O)COP(=O)(O)OC[C@@H](COC(=O)CCCCCCCCCCCC(C)C)OC(=O)CCCCCCCCCCCC(C)C)OC(=O)CCCCCCCCCCC(C)C. The first-order valence-electron chi connectivity index (χ1n) is 32.8. The van der Waals surface area contributed by atoms with Crippen molar-refractivity contribution in [3.63, 3.8) is 0 Å². The van der Waals surface area contributed by atoms with Gasteiger partial charge in [-0.2, -0.15) is 0 Å². The summed E-state index contributed by atoms with van der Waals surface area (Å²) in [5.74, 6) is 0.0560. The molecule has 0 aliphatic carbocycles. The summed E-state index contributed by atoms with van der Waals surface area (Å²) in [5, 5.41) is 10.5. The second kappa shape index (κ2) is 54.5. The molecular formula is C63H122O17P2. The van der Waals surface area contributed by atoms with Crippen molar-refractivity contribution >= 4 is 39.5 Å². The van der Waals surface area contributed by atoms with Gasteiger partial charge < -0.3 is 33.8 Å². The Hall–Kier alpha value is -1.94. The zero-order chi connectivity index (χ0) is 61.0. The maximum Gasteiger partial charge on any atom is 0.472 e. The molecule has 0 spiro atoms. The molecule has 0 aromatic rings. The highest BCUT2D eigenvalue weighted by Gasteiger charge is 2.30. The number of carbonyl (C=O) groups is 4. The summed E-state index contributed by atoms with van der Waals surface area (Å²) in [4.78, 5) is 72.1. The van der Waals surface area contributed by atoms with Crippen molar-refractivity contribution in [1.82, 2.24) is 0 Å². The summed E-state index contributed by atoms with van der Waals surface area (Å²) in [5.41, 5.74) is 0. The molecule has 0 aliphatic rings. The highest BCUT2D eigenvalue weighted by molar-refractivity contribution is 7.47. The maximum atomic E-state index is 13.0. The van der Waals surface area contributed by atoms with Crippen molar-refractivity contribution in [1.29, 1.82) is 0 Å². The number of phosphoric acid groups is 2. The van der Waals surface area contributed by atoms with Crippen LogP contribution in [-0.2, 0) is 65.4 Å². The number of hydrogen-bond donors (Lipinski definition) is 3. The van der Waals surface area contributed by atoms with Gasteiger partial charge >= 0.3 is 39.5 Å². The summed E-state index contributed by atoms with van der Waals surface area (Å²) in [6.07, 6.45) is 35.0. The average Bonchev–Trinajstić information content (AvgIpc) is 3.42. The predicted molar refractivity (Wildman–Crippen MR) is 326 cm³/mol. The zero-order valence-corrected chi connectivity index (χ0v) is 54.7. The lowest BCUT2D eigenvalue weighted by atomic mass is 10.0. The Balaban J connectivity index is 5.23. The quantitative estimate of drug-likeness (QED) is 0.0222. The van der Waals surface area contributed by atoms with Gasteiger partial charge in [-0.3, -0.25) is 37.3 Å². The molecule has 0 aromatic carbocycles. The summed E-state index contributed by atoms with van der Waals surface area (Å²) >= 11 is 0. The van der Waals surface area contributed by atoms with Crippen molar-refractivity contribution in [2.45, 2.75) is 324 Å². The van der Waals surface area contributed by atoms with Crippen LogP contribution in [0.15, 0.2) is 0 Å². The van der Waals surface area contributed by atoms with Gasteiger partial charge in [-0.05, 0) is 43.4 Å². The van der Waals surface area contributed by atoms with Crippen molar-refractivity contribution in [3.05, 3.63) is 0 Å². The fourth-order valence-electron chi connectivity index (χ4n) is 9.30. The third kappa shape index (κ3) is 57.2. The first-order valence-corrected chi connectivity index (χ1v) is 35.8. The van der Waals surface area contributed by atoms with E-state index in [2.05, 4.69) is 48.5 Å². The number of aliphatic hydroxyl groups excluding tert-OH is 1. The second-order valence-electron chi connectivity index (χ2n) is 24.2. The van der Waals surface area contributed by atoms with E-state index in [4.69, 9.17) is 37.0 Å². The number of esters is 4. The van der Waals surface area contributed by atoms with Gasteiger partial charge in [0.25, 0.3) is 0 Å². The van der Waals surface area contributed by atoms with E-state index in [9.17, 15) is 43.2 Å². The molecule has 0 aliphatic heterocycles. The van der Waals surface area contributed by atoms with Crippen molar-refractivity contribution in [3.8, 4) is 0 Å². The lowest BCUT2D eigenvalue weighted by Gasteiger charge is -2.21. The minimum Gasteiger partial charge on any atom is -0.462 e. The normalized spacial score (nSPS) is 14.4. The smallest absolute Gasteiger partial charge is 0.462 e. The minimum absolute atomic E-state index is 0.104. The van der Waals surface area contributed by atoms with Gasteiger partial charge in [-0.25, -0.2) is 9.13 Å². The van der Waals surface area contributed by atoms with Crippen molar-refractivity contribution in [2.24, 2.45) is 17.8 Å². The van der Waals surface area contributed by atoms with Gasteiger partial charge in [0.15, 0.2) is 12.2 Å².